The van der Waals surface area contributed by atoms with Crippen LogP contribution in [-0.4, -0.2) is 22.4 Å². The van der Waals surface area contributed by atoms with Crippen molar-refractivity contribution in [2.75, 3.05) is 16.8 Å². The summed E-state index contributed by atoms with van der Waals surface area (Å²) in [4.78, 5) is 34.7. The van der Waals surface area contributed by atoms with Gasteiger partial charge in [0.2, 0.25) is 0 Å². The van der Waals surface area contributed by atoms with Crippen molar-refractivity contribution in [2.45, 2.75) is 12.8 Å². The van der Waals surface area contributed by atoms with Crippen molar-refractivity contribution in [1.29, 1.82) is 0 Å². The highest BCUT2D eigenvalue weighted by atomic mass is 16.2. The molecule has 1 amide bonds. The maximum atomic E-state index is 13.1. The van der Waals surface area contributed by atoms with E-state index < -0.39 is 0 Å². The molecular formula is C28H22N4O2. The van der Waals surface area contributed by atoms with Crippen LogP contribution in [0.1, 0.15) is 22.3 Å². The fourth-order valence-electron chi connectivity index (χ4n) is 4.79. The molecule has 3 aromatic carbocycles. The van der Waals surface area contributed by atoms with Crippen molar-refractivity contribution in [2.24, 2.45) is 0 Å². The van der Waals surface area contributed by atoms with Gasteiger partial charge in [0.1, 0.15) is 5.65 Å². The molecule has 3 heterocycles. The van der Waals surface area contributed by atoms with Crippen LogP contribution in [-0.2, 0) is 6.42 Å². The van der Waals surface area contributed by atoms with Gasteiger partial charge in [-0.15, -0.1) is 0 Å². The topological polar surface area (TPSA) is 78.1 Å². The third-order valence-electron chi connectivity index (χ3n) is 6.37. The van der Waals surface area contributed by atoms with Gasteiger partial charge in [-0.2, -0.15) is 0 Å². The summed E-state index contributed by atoms with van der Waals surface area (Å²) in [7, 11) is 0. The second-order valence-corrected chi connectivity index (χ2v) is 8.48. The highest BCUT2D eigenvalue weighted by Crippen LogP contribution is 2.34. The molecule has 34 heavy (non-hydrogen) atoms. The Bertz CT molecular complexity index is 1610. The van der Waals surface area contributed by atoms with Crippen LogP contribution < -0.4 is 15.8 Å². The number of hydrogen-bond acceptors (Lipinski definition) is 4. The van der Waals surface area contributed by atoms with Crippen LogP contribution in [0, 0.1) is 0 Å². The number of benzene rings is 3. The zero-order chi connectivity index (χ0) is 23.1. The van der Waals surface area contributed by atoms with E-state index in [0.717, 1.165) is 46.2 Å². The summed E-state index contributed by atoms with van der Waals surface area (Å²) >= 11 is 0. The molecule has 2 aromatic heterocycles. The first kappa shape index (κ1) is 20.2. The lowest BCUT2D eigenvalue weighted by atomic mass is 9.99. The van der Waals surface area contributed by atoms with Crippen LogP contribution in [0.15, 0.2) is 89.9 Å². The smallest absolute Gasteiger partial charge is 0.258 e. The molecule has 1 aliphatic rings. The molecular weight excluding hydrogens is 424 g/mol. The fraction of sp³-hybridized carbons (Fsp3) is 0.107. The second kappa shape index (κ2) is 8.15. The van der Waals surface area contributed by atoms with Crippen molar-refractivity contribution in [1.82, 2.24) is 9.97 Å². The van der Waals surface area contributed by atoms with Crippen LogP contribution in [0.3, 0.4) is 0 Å². The summed E-state index contributed by atoms with van der Waals surface area (Å²) in [5.74, 6) is 0.0258. The number of H-pyrrole nitrogens is 1. The molecule has 5 aromatic rings. The molecule has 0 atom stereocenters. The maximum absolute atomic E-state index is 13.1. The van der Waals surface area contributed by atoms with E-state index in [2.05, 4.69) is 21.4 Å². The lowest BCUT2D eigenvalue weighted by molar-refractivity contribution is 0.0985. The van der Waals surface area contributed by atoms with E-state index in [4.69, 9.17) is 0 Å². The average molecular weight is 447 g/mol. The average Bonchev–Trinajstić information content (AvgIpc) is 2.88. The summed E-state index contributed by atoms with van der Waals surface area (Å²) in [5, 5.41) is 5.88. The highest BCUT2D eigenvalue weighted by molar-refractivity contribution is 6.11. The van der Waals surface area contributed by atoms with Gasteiger partial charge >= 0.3 is 0 Å². The fourth-order valence-corrected chi connectivity index (χ4v) is 4.79. The summed E-state index contributed by atoms with van der Waals surface area (Å²) in [5.41, 5.74) is 4.98. The van der Waals surface area contributed by atoms with Gasteiger partial charge in [0.05, 0.1) is 5.69 Å². The quantitative estimate of drug-likeness (QED) is 0.363. The molecule has 1 aliphatic heterocycles. The van der Waals surface area contributed by atoms with E-state index in [-0.39, 0.29) is 11.5 Å². The van der Waals surface area contributed by atoms with Crippen molar-refractivity contribution in [3.8, 4) is 0 Å². The standard InChI is InChI=1S/C28H22N4O2/c33-27-22-11-5-4-10-21(22)25-23(14-15-29-26(25)31-27)30-20-12-13-24-19(17-20)9-6-16-32(24)28(34)18-7-2-1-3-8-18/h1-5,7-8,10-15,17H,6,9,16H2,(H2,29,30,31,33). The van der Waals surface area contributed by atoms with Crippen LogP contribution in [0.4, 0.5) is 17.1 Å². The predicted octanol–water partition coefficient (Wildman–Crippen LogP) is 5.41. The minimum absolute atomic E-state index is 0.0258. The molecule has 0 bridgehead atoms. The number of carbonyl (C=O) groups excluding carboxylic acids is 1. The van der Waals surface area contributed by atoms with Crippen molar-refractivity contribution in [3.05, 3.63) is 107 Å². The largest absolute Gasteiger partial charge is 0.355 e. The van der Waals surface area contributed by atoms with Crippen LogP contribution >= 0.6 is 0 Å². The zero-order valence-corrected chi connectivity index (χ0v) is 18.4. The Hall–Kier alpha value is -4.45. The normalized spacial score (nSPS) is 13.1. The summed E-state index contributed by atoms with van der Waals surface area (Å²) < 4.78 is 0. The molecule has 6 rings (SSSR count). The first-order chi connectivity index (χ1) is 16.7. The van der Waals surface area contributed by atoms with Crippen LogP contribution in [0.5, 0.6) is 0 Å². The number of rotatable bonds is 3. The van der Waals surface area contributed by atoms with E-state index >= 15 is 0 Å². The Morgan fingerprint density at radius 3 is 2.59 bits per heavy atom. The zero-order valence-electron chi connectivity index (χ0n) is 18.4. The minimum Gasteiger partial charge on any atom is -0.355 e. The van der Waals surface area contributed by atoms with E-state index in [0.29, 0.717) is 23.1 Å². The number of aromatic amines is 1. The number of aryl methyl sites for hydroxylation is 1. The maximum Gasteiger partial charge on any atom is 0.258 e. The number of amides is 1. The summed E-state index contributed by atoms with van der Waals surface area (Å²) in [6, 6.07) is 25.0. The Labute approximate surface area is 195 Å². The van der Waals surface area contributed by atoms with Gasteiger partial charge in [0.15, 0.2) is 0 Å². The van der Waals surface area contributed by atoms with Crippen molar-refractivity contribution >= 4 is 44.8 Å². The van der Waals surface area contributed by atoms with Gasteiger partial charge in [0, 0.05) is 45.8 Å². The van der Waals surface area contributed by atoms with E-state index in [1.54, 1.807) is 6.20 Å². The summed E-state index contributed by atoms with van der Waals surface area (Å²) in [6.45, 7) is 0.710. The predicted molar refractivity (Wildman–Crippen MR) is 136 cm³/mol. The molecule has 6 heteroatoms. The molecule has 0 fully saturated rings. The van der Waals surface area contributed by atoms with E-state index in [9.17, 15) is 9.59 Å². The monoisotopic (exact) mass is 446 g/mol. The number of nitrogens with zero attached hydrogens (tertiary/aromatic N) is 2. The molecule has 166 valence electrons. The van der Waals surface area contributed by atoms with Crippen molar-refractivity contribution < 1.29 is 4.79 Å². The van der Waals surface area contributed by atoms with Gasteiger partial charge in [-0.25, -0.2) is 4.98 Å². The molecule has 0 saturated carbocycles. The van der Waals surface area contributed by atoms with Crippen molar-refractivity contribution in [3.63, 3.8) is 0 Å². The number of pyridine rings is 2. The molecule has 6 nitrogen and oxygen atoms in total. The highest BCUT2D eigenvalue weighted by Gasteiger charge is 2.24. The lowest BCUT2D eigenvalue weighted by Crippen LogP contribution is -2.35. The Morgan fingerprint density at radius 2 is 1.74 bits per heavy atom. The Morgan fingerprint density at radius 1 is 0.941 bits per heavy atom. The molecule has 0 aliphatic carbocycles. The van der Waals surface area contributed by atoms with Crippen LogP contribution in [0.2, 0.25) is 0 Å². The van der Waals surface area contributed by atoms with E-state index in [1.807, 2.05) is 77.7 Å². The van der Waals surface area contributed by atoms with Gasteiger partial charge in [0.25, 0.3) is 11.5 Å². The molecule has 0 saturated heterocycles. The number of aromatic nitrogens is 2. The molecule has 0 radical (unpaired) electrons. The number of fused-ring (bicyclic) bond motifs is 4. The lowest BCUT2D eigenvalue weighted by Gasteiger charge is -2.30. The third kappa shape index (κ3) is 3.40. The molecule has 2 N–H and O–H groups in total. The number of nitrogens with one attached hydrogen (secondary N) is 2. The number of anilines is 3. The minimum atomic E-state index is -0.148. The third-order valence-corrected chi connectivity index (χ3v) is 6.37. The Kier molecular flexibility index (Phi) is 4.84. The van der Waals surface area contributed by atoms with Gasteiger partial charge in [-0.3, -0.25) is 9.59 Å². The van der Waals surface area contributed by atoms with Crippen LogP contribution in [0.25, 0.3) is 21.8 Å². The SMILES string of the molecule is O=C(c1ccccc1)N1CCCc2cc(Nc3ccnc4[nH]c(=O)c5ccccc5c34)ccc21. The first-order valence-corrected chi connectivity index (χ1v) is 11.4. The number of carbonyl (C=O) groups is 1. The summed E-state index contributed by atoms with van der Waals surface area (Å²) in [6.07, 6.45) is 3.52. The van der Waals surface area contributed by atoms with Gasteiger partial charge < -0.3 is 15.2 Å². The first-order valence-electron chi connectivity index (χ1n) is 11.4. The van der Waals surface area contributed by atoms with Gasteiger partial charge in [-0.05, 0) is 60.9 Å². The second-order valence-electron chi connectivity index (χ2n) is 8.48. The Balaban J connectivity index is 1.39. The van der Waals surface area contributed by atoms with E-state index in [1.165, 1.54) is 0 Å². The number of hydrogen-bond donors (Lipinski definition) is 2. The molecule has 0 spiro atoms. The molecule has 0 unspecified atom stereocenters. The van der Waals surface area contributed by atoms with Gasteiger partial charge in [-0.1, -0.05) is 36.4 Å².